The Hall–Kier alpha value is -3.86. The molecule has 2 amide bonds. The maximum atomic E-state index is 14.1. The largest absolute Gasteiger partial charge is 0.497 e. The number of amides is 2. The van der Waals surface area contributed by atoms with Crippen molar-refractivity contribution < 1.29 is 33.7 Å². The molecule has 2 N–H and O–H groups in total. The van der Waals surface area contributed by atoms with E-state index in [1.54, 1.807) is 47.1 Å². The van der Waals surface area contributed by atoms with Crippen LogP contribution in [-0.4, -0.2) is 77.0 Å². The van der Waals surface area contributed by atoms with Crippen molar-refractivity contribution in [2.75, 3.05) is 37.1 Å². The first kappa shape index (κ1) is 30.6. The number of carbonyl (C=O) groups excluding carboxylic acids is 3. The van der Waals surface area contributed by atoms with E-state index in [1.165, 1.54) is 0 Å². The Kier molecular flexibility index (Phi) is 8.56. The fourth-order valence-corrected chi connectivity index (χ4v) is 7.42. The molecule has 2 aliphatic heterocycles. The maximum absolute atomic E-state index is 14.1. The van der Waals surface area contributed by atoms with Gasteiger partial charge in [0.2, 0.25) is 5.91 Å². The van der Waals surface area contributed by atoms with E-state index in [0.717, 1.165) is 11.3 Å². The van der Waals surface area contributed by atoms with Crippen LogP contribution in [-0.2, 0) is 25.6 Å². The average Bonchev–Trinajstić information content (AvgIpc) is 3.10. The minimum atomic E-state index is -0.896. The fraction of sp³-hybridized carbons (Fsp3) is 0.562. The summed E-state index contributed by atoms with van der Waals surface area (Å²) in [5, 5.41) is 13.4. The number of carbonyl (C=O) groups is 3. The molecular formula is C32H42N4O7. The zero-order chi connectivity index (χ0) is 30.9. The number of pyridine rings is 1. The number of aliphatic hydroxyl groups is 1. The lowest BCUT2D eigenvalue weighted by molar-refractivity contribution is -0.150. The highest BCUT2D eigenvalue weighted by molar-refractivity contribution is 5.87. The van der Waals surface area contributed by atoms with Crippen molar-refractivity contribution in [1.29, 1.82) is 0 Å². The van der Waals surface area contributed by atoms with E-state index >= 15 is 0 Å². The molecule has 1 aromatic heterocycles. The topological polar surface area (TPSA) is 131 Å². The molecule has 2 saturated heterocycles. The van der Waals surface area contributed by atoms with Gasteiger partial charge in [0, 0.05) is 31.5 Å². The van der Waals surface area contributed by atoms with Crippen molar-refractivity contribution in [2.45, 2.75) is 70.7 Å². The molecule has 3 heterocycles. The van der Waals surface area contributed by atoms with Gasteiger partial charge in [-0.15, -0.1) is 0 Å². The van der Waals surface area contributed by atoms with E-state index in [-0.39, 0.29) is 55.3 Å². The van der Waals surface area contributed by atoms with Crippen LogP contribution in [0, 0.1) is 17.8 Å². The molecule has 0 radical (unpaired) electrons. The Labute approximate surface area is 252 Å². The van der Waals surface area contributed by atoms with E-state index in [0.29, 0.717) is 37.4 Å². The van der Waals surface area contributed by atoms with Gasteiger partial charge >= 0.3 is 12.1 Å². The van der Waals surface area contributed by atoms with Crippen molar-refractivity contribution in [2.24, 2.45) is 17.8 Å². The predicted molar refractivity (Wildman–Crippen MR) is 160 cm³/mol. The maximum Gasteiger partial charge on any atom is 0.412 e. The Bertz CT molecular complexity index is 1330. The number of esters is 1. The van der Waals surface area contributed by atoms with E-state index in [2.05, 4.69) is 15.2 Å². The summed E-state index contributed by atoms with van der Waals surface area (Å²) in [6, 6.07) is 10.8. The highest BCUT2D eigenvalue weighted by Gasteiger charge is 2.70. The number of benzene rings is 1. The van der Waals surface area contributed by atoms with Gasteiger partial charge in [-0.05, 0) is 76.3 Å². The molecule has 11 heteroatoms. The molecule has 232 valence electrons. The standard InChI is InChI=1S/C32H42N4O7/c1-6-42-27(38)16-32-25-13-14-35(26-12-9-22(17-33-26)34-30(40)43-31(2,3)4)28(32)21(19-37)15-24(25)29(39)36(32)18-20-7-10-23(41-5)11-8-20/h7-12,17,21,24-25,28,37H,6,13-16,18-19H2,1-5H3,(H,34,40)/t21-,24-,25+,28-,32-/m0/s1. The number of nitrogens with one attached hydrogen (secondary N) is 1. The van der Waals surface area contributed by atoms with Crippen molar-refractivity contribution in [3.63, 3.8) is 0 Å². The predicted octanol–water partition coefficient (Wildman–Crippen LogP) is 3.99. The van der Waals surface area contributed by atoms with Crippen LogP contribution in [0.15, 0.2) is 42.6 Å². The number of hydrogen-bond acceptors (Lipinski definition) is 9. The molecule has 0 unspecified atom stereocenters. The van der Waals surface area contributed by atoms with Gasteiger partial charge < -0.3 is 29.1 Å². The van der Waals surface area contributed by atoms with Crippen LogP contribution in [0.2, 0.25) is 0 Å². The summed E-state index contributed by atoms with van der Waals surface area (Å²) >= 11 is 0. The lowest BCUT2D eigenvalue weighted by atomic mass is 9.58. The SMILES string of the molecule is CCOC(=O)C[C@]12[C@@H]3CCN(c4ccc(NC(=O)OC(C)(C)C)cn4)[C@H]1[C@H](CO)C[C@@H]3C(=O)N2Cc1ccc(OC)cc1. The quantitative estimate of drug-likeness (QED) is 0.414. The molecule has 3 aliphatic rings. The zero-order valence-corrected chi connectivity index (χ0v) is 25.5. The summed E-state index contributed by atoms with van der Waals surface area (Å²) in [5.41, 5.74) is -0.129. The molecule has 1 saturated carbocycles. The van der Waals surface area contributed by atoms with Crippen molar-refractivity contribution in [3.05, 3.63) is 48.2 Å². The first-order valence-corrected chi connectivity index (χ1v) is 14.9. The normalized spacial score (nSPS) is 26.2. The third kappa shape index (κ3) is 5.87. The second kappa shape index (κ2) is 12.0. The average molecular weight is 595 g/mol. The van der Waals surface area contributed by atoms with Crippen LogP contribution in [0.5, 0.6) is 5.75 Å². The third-order valence-electron chi connectivity index (χ3n) is 8.90. The fourth-order valence-electron chi connectivity index (χ4n) is 7.42. The monoisotopic (exact) mass is 594 g/mol. The van der Waals surface area contributed by atoms with Crippen molar-refractivity contribution in [3.8, 4) is 5.75 Å². The lowest BCUT2D eigenvalue weighted by Crippen LogP contribution is -2.71. The highest BCUT2D eigenvalue weighted by Crippen LogP contribution is 2.59. The van der Waals surface area contributed by atoms with E-state index in [9.17, 15) is 19.5 Å². The lowest BCUT2D eigenvalue weighted by Gasteiger charge is -2.59. The van der Waals surface area contributed by atoms with E-state index in [1.807, 2.05) is 35.2 Å². The molecule has 11 nitrogen and oxygen atoms in total. The van der Waals surface area contributed by atoms with Crippen LogP contribution in [0.3, 0.4) is 0 Å². The van der Waals surface area contributed by atoms with Gasteiger partial charge in [0.05, 0.1) is 43.6 Å². The zero-order valence-electron chi connectivity index (χ0n) is 25.5. The Balaban J connectivity index is 1.52. The van der Waals surface area contributed by atoms with Crippen LogP contribution < -0.4 is 15.0 Å². The smallest absolute Gasteiger partial charge is 0.412 e. The summed E-state index contributed by atoms with van der Waals surface area (Å²) in [7, 11) is 1.61. The number of anilines is 2. The highest BCUT2D eigenvalue weighted by atomic mass is 16.6. The number of hydrogen-bond donors (Lipinski definition) is 2. The molecule has 1 aliphatic carbocycles. The molecule has 4 bridgehead atoms. The number of likely N-dealkylation sites (tertiary alicyclic amines) is 1. The molecule has 3 fully saturated rings. The second-order valence-corrected chi connectivity index (χ2v) is 12.6. The Morgan fingerprint density at radius 1 is 1.16 bits per heavy atom. The molecular weight excluding hydrogens is 552 g/mol. The molecule has 1 aromatic carbocycles. The van der Waals surface area contributed by atoms with Gasteiger partial charge in [0.1, 0.15) is 17.2 Å². The summed E-state index contributed by atoms with van der Waals surface area (Å²) < 4.78 is 16.1. The number of rotatable bonds is 9. The number of piperidine rings is 1. The third-order valence-corrected chi connectivity index (χ3v) is 8.90. The number of aliphatic hydroxyl groups excluding tert-OH is 1. The van der Waals surface area contributed by atoms with Crippen molar-refractivity contribution >= 4 is 29.5 Å². The van der Waals surface area contributed by atoms with Gasteiger partial charge in [0.15, 0.2) is 0 Å². The second-order valence-electron chi connectivity index (χ2n) is 12.6. The number of aromatic nitrogens is 1. The van der Waals surface area contributed by atoms with Gasteiger partial charge in [0.25, 0.3) is 0 Å². The van der Waals surface area contributed by atoms with E-state index < -0.39 is 17.2 Å². The number of ether oxygens (including phenoxy) is 3. The van der Waals surface area contributed by atoms with Crippen LogP contribution >= 0.6 is 0 Å². The molecule has 0 spiro atoms. The van der Waals surface area contributed by atoms with Gasteiger partial charge in [-0.3, -0.25) is 14.9 Å². The van der Waals surface area contributed by atoms with Gasteiger partial charge in [-0.25, -0.2) is 9.78 Å². The summed E-state index contributed by atoms with van der Waals surface area (Å²) in [6.07, 6.45) is 2.23. The van der Waals surface area contributed by atoms with Crippen LogP contribution in [0.25, 0.3) is 0 Å². The molecule has 43 heavy (non-hydrogen) atoms. The molecule has 5 rings (SSSR count). The van der Waals surface area contributed by atoms with Crippen LogP contribution in [0.4, 0.5) is 16.3 Å². The van der Waals surface area contributed by atoms with Gasteiger partial charge in [-0.2, -0.15) is 0 Å². The number of nitrogens with zero attached hydrogens (tertiary/aromatic N) is 3. The minimum Gasteiger partial charge on any atom is -0.497 e. The van der Waals surface area contributed by atoms with E-state index in [4.69, 9.17) is 14.2 Å². The van der Waals surface area contributed by atoms with Gasteiger partial charge in [-0.1, -0.05) is 12.1 Å². The minimum absolute atomic E-state index is 0.0118. The number of methoxy groups -OCH3 is 1. The van der Waals surface area contributed by atoms with Crippen LogP contribution in [0.1, 0.15) is 52.5 Å². The summed E-state index contributed by atoms with van der Waals surface area (Å²) in [6.45, 7) is 8.20. The first-order valence-electron chi connectivity index (χ1n) is 14.9. The summed E-state index contributed by atoms with van der Waals surface area (Å²) in [4.78, 5) is 48.4. The first-order chi connectivity index (χ1) is 20.5. The Morgan fingerprint density at radius 2 is 1.91 bits per heavy atom. The summed E-state index contributed by atoms with van der Waals surface area (Å²) in [5.74, 6) is 0.393. The molecule has 2 aromatic rings. The molecule has 5 atom stereocenters. The van der Waals surface area contributed by atoms with Crippen molar-refractivity contribution in [1.82, 2.24) is 9.88 Å². The Morgan fingerprint density at radius 3 is 2.51 bits per heavy atom.